The van der Waals surface area contributed by atoms with Crippen molar-refractivity contribution in [1.29, 1.82) is 0 Å². The minimum Gasteiger partial charge on any atom is -0.389 e. The van der Waals surface area contributed by atoms with E-state index in [-0.39, 0.29) is 0 Å². The van der Waals surface area contributed by atoms with Crippen LogP contribution in [0.4, 0.5) is 5.69 Å². The van der Waals surface area contributed by atoms with Gasteiger partial charge >= 0.3 is 0 Å². The molecule has 1 N–H and O–H groups in total. The zero-order chi connectivity index (χ0) is 14.5. The lowest BCUT2D eigenvalue weighted by atomic mass is 10.1. The molecule has 0 amide bonds. The van der Waals surface area contributed by atoms with Crippen molar-refractivity contribution in [1.82, 2.24) is 4.98 Å². The summed E-state index contributed by atoms with van der Waals surface area (Å²) in [5.74, 6) is 0. The Balaban J connectivity index is 2.15. The van der Waals surface area contributed by atoms with Gasteiger partial charge in [0.25, 0.3) is 0 Å². The first-order valence-electron chi connectivity index (χ1n) is 7.05. The fourth-order valence-electron chi connectivity index (χ4n) is 2.23. The number of aliphatic hydroxyl groups is 1. The Morgan fingerprint density at radius 1 is 1.15 bits per heavy atom. The fraction of sp³-hybridized carbons (Fsp3) is 0.353. The summed E-state index contributed by atoms with van der Waals surface area (Å²) in [5.41, 5.74) is 4.22. The summed E-state index contributed by atoms with van der Waals surface area (Å²) in [6, 6.07) is 14.2. The molecule has 0 aliphatic heterocycles. The van der Waals surface area contributed by atoms with Gasteiger partial charge in [0.2, 0.25) is 0 Å². The van der Waals surface area contributed by atoms with Crippen molar-refractivity contribution in [3.05, 3.63) is 59.4 Å². The van der Waals surface area contributed by atoms with E-state index in [1.807, 2.05) is 31.2 Å². The highest BCUT2D eigenvalue weighted by atomic mass is 16.3. The Hall–Kier alpha value is -1.87. The summed E-state index contributed by atoms with van der Waals surface area (Å²) in [4.78, 5) is 6.82. The molecule has 20 heavy (non-hydrogen) atoms. The largest absolute Gasteiger partial charge is 0.389 e. The molecule has 0 aliphatic carbocycles. The molecular formula is C17H22N2O. The van der Waals surface area contributed by atoms with Gasteiger partial charge in [0.15, 0.2) is 0 Å². The van der Waals surface area contributed by atoms with Crippen molar-refractivity contribution in [2.45, 2.75) is 33.4 Å². The molecule has 0 saturated heterocycles. The molecule has 1 atom stereocenters. The van der Waals surface area contributed by atoms with Gasteiger partial charge in [-0.05, 0) is 50.6 Å². The average molecular weight is 270 g/mol. The topological polar surface area (TPSA) is 36.4 Å². The van der Waals surface area contributed by atoms with Gasteiger partial charge in [-0.3, -0.25) is 4.98 Å². The lowest BCUT2D eigenvalue weighted by Gasteiger charge is -2.23. The van der Waals surface area contributed by atoms with Gasteiger partial charge < -0.3 is 10.0 Å². The SMILES string of the molecule is CCN(Cc1cccc(C)n1)c1ccc([C@H](C)O)cc1. The van der Waals surface area contributed by atoms with Crippen LogP contribution in [0.1, 0.15) is 36.9 Å². The van der Waals surface area contributed by atoms with Crippen molar-refractivity contribution >= 4 is 5.69 Å². The van der Waals surface area contributed by atoms with Crippen LogP contribution in [0, 0.1) is 6.92 Å². The van der Waals surface area contributed by atoms with Gasteiger partial charge in [0, 0.05) is 17.9 Å². The molecule has 0 radical (unpaired) electrons. The molecule has 2 rings (SSSR count). The maximum Gasteiger partial charge on any atom is 0.0761 e. The van der Waals surface area contributed by atoms with Gasteiger partial charge in [-0.1, -0.05) is 18.2 Å². The lowest BCUT2D eigenvalue weighted by Crippen LogP contribution is -2.22. The number of benzene rings is 1. The van der Waals surface area contributed by atoms with Crippen LogP contribution in [0.15, 0.2) is 42.5 Å². The zero-order valence-electron chi connectivity index (χ0n) is 12.4. The first-order chi connectivity index (χ1) is 9.60. The highest BCUT2D eigenvalue weighted by molar-refractivity contribution is 5.48. The third-order valence-corrected chi connectivity index (χ3v) is 3.42. The number of hydrogen-bond donors (Lipinski definition) is 1. The monoisotopic (exact) mass is 270 g/mol. The number of nitrogens with zero attached hydrogens (tertiary/aromatic N) is 2. The van der Waals surface area contributed by atoms with Gasteiger partial charge in [-0.2, -0.15) is 0 Å². The van der Waals surface area contributed by atoms with Crippen LogP contribution < -0.4 is 4.90 Å². The summed E-state index contributed by atoms with van der Waals surface area (Å²) >= 11 is 0. The molecule has 0 fully saturated rings. The zero-order valence-corrected chi connectivity index (χ0v) is 12.4. The van der Waals surface area contributed by atoms with E-state index in [2.05, 4.69) is 35.0 Å². The molecule has 0 saturated carbocycles. The van der Waals surface area contributed by atoms with Crippen molar-refractivity contribution < 1.29 is 5.11 Å². The van der Waals surface area contributed by atoms with E-state index in [9.17, 15) is 5.11 Å². The second-order valence-corrected chi connectivity index (χ2v) is 5.05. The van der Waals surface area contributed by atoms with E-state index < -0.39 is 6.10 Å². The highest BCUT2D eigenvalue weighted by Gasteiger charge is 2.07. The number of rotatable bonds is 5. The predicted octanol–water partition coefficient (Wildman–Crippen LogP) is 3.47. The van der Waals surface area contributed by atoms with E-state index in [1.54, 1.807) is 6.92 Å². The predicted molar refractivity (Wildman–Crippen MR) is 82.8 cm³/mol. The van der Waals surface area contributed by atoms with Gasteiger partial charge in [0.1, 0.15) is 0 Å². The third-order valence-electron chi connectivity index (χ3n) is 3.42. The van der Waals surface area contributed by atoms with Crippen LogP contribution in [0.2, 0.25) is 0 Å². The van der Waals surface area contributed by atoms with E-state index in [4.69, 9.17) is 0 Å². The Kier molecular flexibility index (Phi) is 4.74. The number of aliphatic hydroxyl groups excluding tert-OH is 1. The van der Waals surface area contributed by atoms with Crippen LogP contribution in [0.3, 0.4) is 0 Å². The molecule has 3 nitrogen and oxygen atoms in total. The average Bonchev–Trinajstić information content (AvgIpc) is 2.45. The lowest BCUT2D eigenvalue weighted by molar-refractivity contribution is 0.199. The maximum absolute atomic E-state index is 9.55. The van der Waals surface area contributed by atoms with Crippen molar-refractivity contribution in [2.75, 3.05) is 11.4 Å². The Morgan fingerprint density at radius 3 is 2.40 bits per heavy atom. The second kappa shape index (κ2) is 6.53. The third kappa shape index (κ3) is 3.58. The first kappa shape index (κ1) is 14.5. The summed E-state index contributed by atoms with van der Waals surface area (Å²) in [5, 5.41) is 9.55. The number of aryl methyl sites for hydroxylation is 1. The van der Waals surface area contributed by atoms with E-state index in [1.165, 1.54) is 0 Å². The summed E-state index contributed by atoms with van der Waals surface area (Å²) in [7, 11) is 0. The number of aromatic nitrogens is 1. The fourth-order valence-corrected chi connectivity index (χ4v) is 2.23. The number of anilines is 1. The van der Waals surface area contributed by atoms with Gasteiger partial charge in [-0.25, -0.2) is 0 Å². The molecular weight excluding hydrogens is 248 g/mol. The smallest absolute Gasteiger partial charge is 0.0761 e. The van der Waals surface area contributed by atoms with Crippen LogP contribution in [0.25, 0.3) is 0 Å². The van der Waals surface area contributed by atoms with Crippen LogP contribution in [-0.4, -0.2) is 16.6 Å². The molecule has 0 unspecified atom stereocenters. The maximum atomic E-state index is 9.55. The van der Waals surface area contributed by atoms with Gasteiger partial charge in [-0.15, -0.1) is 0 Å². The van der Waals surface area contributed by atoms with Crippen molar-refractivity contribution in [3.63, 3.8) is 0 Å². The standard InChI is InChI=1S/C17H22N2O/c1-4-19(12-16-7-5-6-13(2)18-16)17-10-8-15(9-11-17)14(3)20/h5-11,14,20H,4,12H2,1-3H3/t14-/m0/s1. The Labute approximate surface area is 120 Å². The molecule has 1 aromatic heterocycles. The van der Waals surface area contributed by atoms with Crippen LogP contribution >= 0.6 is 0 Å². The van der Waals surface area contributed by atoms with Crippen LogP contribution in [-0.2, 0) is 6.54 Å². The Bertz CT molecular complexity index is 549. The highest BCUT2D eigenvalue weighted by Crippen LogP contribution is 2.20. The van der Waals surface area contributed by atoms with E-state index in [0.717, 1.165) is 35.7 Å². The van der Waals surface area contributed by atoms with Crippen LogP contribution in [0.5, 0.6) is 0 Å². The molecule has 3 heteroatoms. The molecule has 0 aliphatic rings. The molecule has 1 aromatic carbocycles. The summed E-state index contributed by atoms with van der Waals surface area (Å²) in [6.07, 6.45) is -0.419. The molecule has 2 aromatic rings. The van der Waals surface area contributed by atoms with Gasteiger partial charge in [0.05, 0.1) is 18.3 Å². The number of pyridine rings is 1. The van der Waals surface area contributed by atoms with E-state index >= 15 is 0 Å². The van der Waals surface area contributed by atoms with Crippen molar-refractivity contribution in [2.24, 2.45) is 0 Å². The van der Waals surface area contributed by atoms with E-state index in [0.29, 0.717) is 0 Å². The first-order valence-corrected chi connectivity index (χ1v) is 7.05. The normalized spacial score (nSPS) is 12.2. The quantitative estimate of drug-likeness (QED) is 0.903. The van der Waals surface area contributed by atoms with Crippen molar-refractivity contribution in [3.8, 4) is 0 Å². The Morgan fingerprint density at radius 2 is 1.85 bits per heavy atom. The summed E-state index contributed by atoms with van der Waals surface area (Å²) in [6.45, 7) is 7.65. The minimum absolute atomic E-state index is 0.419. The molecule has 0 bridgehead atoms. The molecule has 106 valence electrons. The minimum atomic E-state index is -0.419. The molecule has 0 spiro atoms. The number of hydrogen-bond acceptors (Lipinski definition) is 3. The summed E-state index contributed by atoms with van der Waals surface area (Å²) < 4.78 is 0. The molecule has 1 heterocycles. The second-order valence-electron chi connectivity index (χ2n) is 5.05.